The molecular weight excluding hydrogens is 322 g/mol. The molecule has 2 aliphatic heterocycles. The maximum atomic E-state index is 12.3. The van der Waals surface area contributed by atoms with Gasteiger partial charge in [-0.25, -0.2) is 4.79 Å². The van der Waals surface area contributed by atoms with E-state index in [4.69, 9.17) is 4.74 Å². The molecule has 1 aromatic rings. The molecule has 0 saturated carbocycles. The minimum atomic E-state index is -0.971. The second-order valence-corrected chi connectivity index (χ2v) is 7.05. The fourth-order valence-corrected chi connectivity index (χ4v) is 3.13. The Labute approximate surface area is 146 Å². The summed E-state index contributed by atoms with van der Waals surface area (Å²) in [5.74, 6) is 0.129. The standard InChI is InChI=1S/C18H23N3O4/c1-11(12-6-7-14-13(9-12)5-4-8-25-14)19-15(22)10-21-16(23)18(2,3)20-17(21)24/h6-7,9,11H,4-5,8,10H2,1-3H3,(H,19,22)(H,20,24). The summed E-state index contributed by atoms with van der Waals surface area (Å²) in [5.41, 5.74) is 1.14. The zero-order valence-corrected chi connectivity index (χ0v) is 14.7. The van der Waals surface area contributed by atoms with Gasteiger partial charge >= 0.3 is 6.03 Å². The molecule has 7 nitrogen and oxygen atoms in total. The van der Waals surface area contributed by atoms with Crippen molar-refractivity contribution < 1.29 is 19.1 Å². The van der Waals surface area contributed by atoms with Crippen LogP contribution in [0.25, 0.3) is 0 Å². The number of fused-ring (bicyclic) bond motifs is 1. The SMILES string of the molecule is CC(NC(=O)CN1C(=O)NC(C)(C)C1=O)c1ccc2c(c1)CCCO2. The molecule has 2 aliphatic rings. The first-order valence-electron chi connectivity index (χ1n) is 8.47. The zero-order chi connectivity index (χ0) is 18.2. The molecule has 1 fully saturated rings. The van der Waals surface area contributed by atoms with Crippen molar-refractivity contribution >= 4 is 17.8 Å². The van der Waals surface area contributed by atoms with Crippen LogP contribution in [0.15, 0.2) is 18.2 Å². The molecule has 7 heteroatoms. The van der Waals surface area contributed by atoms with Crippen LogP contribution in [0.4, 0.5) is 4.79 Å². The van der Waals surface area contributed by atoms with Crippen molar-refractivity contribution in [3.8, 4) is 5.75 Å². The Hall–Kier alpha value is -2.57. The fraction of sp³-hybridized carbons (Fsp3) is 0.500. The molecule has 1 aromatic carbocycles. The highest BCUT2D eigenvalue weighted by Crippen LogP contribution is 2.27. The highest BCUT2D eigenvalue weighted by Gasteiger charge is 2.44. The van der Waals surface area contributed by atoms with Crippen LogP contribution in [0, 0.1) is 0 Å². The maximum absolute atomic E-state index is 12.3. The highest BCUT2D eigenvalue weighted by atomic mass is 16.5. The lowest BCUT2D eigenvalue weighted by Gasteiger charge is -2.21. The Balaban J connectivity index is 1.63. The van der Waals surface area contributed by atoms with Crippen LogP contribution >= 0.6 is 0 Å². The van der Waals surface area contributed by atoms with Crippen molar-refractivity contribution in [1.82, 2.24) is 15.5 Å². The van der Waals surface area contributed by atoms with E-state index in [1.807, 2.05) is 25.1 Å². The number of rotatable bonds is 4. The second kappa shape index (κ2) is 6.38. The second-order valence-electron chi connectivity index (χ2n) is 7.05. The van der Waals surface area contributed by atoms with Gasteiger partial charge in [0.2, 0.25) is 5.91 Å². The lowest BCUT2D eigenvalue weighted by Crippen LogP contribution is -2.43. The molecule has 134 valence electrons. The van der Waals surface area contributed by atoms with Gasteiger partial charge in [-0.05, 0) is 50.8 Å². The number of carbonyl (C=O) groups excluding carboxylic acids is 3. The average Bonchev–Trinajstić information content (AvgIpc) is 2.76. The molecule has 0 bridgehead atoms. The van der Waals surface area contributed by atoms with E-state index in [-0.39, 0.29) is 18.5 Å². The van der Waals surface area contributed by atoms with Gasteiger partial charge in [-0.1, -0.05) is 12.1 Å². The number of amides is 4. The zero-order valence-electron chi connectivity index (χ0n) is 14.7. The van der Waals surface area contributed by atoms with Gasteiger partial charge in [0.05, 0.1) is 12.6 Å². The van der Waals surface area contributed by atoms with Crippen molar-refractivity contribution in [2.24, 2.45) is 0 Å². The molecule has 2 heterocycles. The van der Waals surface area contributed by atoms with Crippen LogP contribution in [-0.2, 0) is 16.0 Å². The van der Waals surface area contributed by atoms with Gasteiger partial charge in [0.1, 0.15) is 17.8 Å². The van der Waals surface area contributed by atoms with Gasteiger partial charge in [0.25, 0.3) is 5.91 Å². The predicted octanol–water partition coefficient (Wildman–Crippen LogP) is 1.52. The molecule has 25 heavy (non-hydrogen) atoms. The van der Waals surface area contributed by atoms with Crippen LogP contribution in [0.3, 0.4) is 0 Å². The van der Waals surface area contributed by atoms with Gasteiger partial charge in [0.15, 0.2) is 0 Å². The van der Waals surface area contributed by atoms with Crippen molar-refractivity contribution in [2.45, 2.75) is 45.2 Å². The number of ether oxygens (including phenoxy) is 1. The third-order valence-corrected chi connectivity index (χ3v) is 4.56. The number of urea groups is 1. The van der Waals surface area contributed by atoms with Crippen molar-refractivity contribution in [2.75, 3.05) is 13.2 Å². The van der Waals surface area contributed by atoms with Crippen molar-refractivity contribution in [3.05, 3.63) is 29.3 Å². The lowest BCUT2D eigenvalue weighted by atomic mass is 10.00. The van der Waals surface area contributed by atoms with Gasteiger partial charge in [-0.2, -0.15) is 0 Å². The van der Waals surface area contributed by atoms with E-state index in [0.717, 1.165) is 41.2 Å². The number of imide groups is 1. The molecule has 2 N–H and O–H groups in total. The first-order chi connectivity index (χ1) is 11.8. The van der Waals surface area contributed by atoms with E-state index < -0.39 is 17.5 Å². The molecule has 0 spiro atoms. The van der Waals surface area contributed by atoms with E-state index in [0.29, 0.717) is 0 Å². The Morgan fingerprint density at radius 3 is 2.84 bits per heavy atom. The Morgan fingerprint density at radius 2 is 2.16 bits per heavy atom. The molecule has 1 atom stereocenters. The summed E-state index contributed by atoms with van der Waals surface area (Å²) >= 11 is 0. The van der Waals surface area contributed by atoms with Gasteiger partial charge in [0, 0.05) is 0 Å². The Morgan fingerprint density at radius 1 is 1.40 bits per heavy atom. The van der Waals surface area contributed by atoms with E-state index in [1.54, 1.807) is 13.8 Å². The molecule has 0 aliphatic carbocycles. The molecule has 1 saturated heterocycles. The third-order valence-electron chi connectivity index (χ3n) is 4.56. The largest absolute Gasteiger partial charge is 0.493 e. The number of benzene rings is 1. The minimum Gasteiger partial charge on any atom is -0.493 e. The summed E-state index contributed by atoms with van der Waals surface area (Å²) in [6, 6.07) is 5.12. The quantitative estimate of drug-likeness (QED) is 0.810. The summed E-state index contributed by atoms with van der Waals surface area (Å²) in [7, 11) is 0. The molecule has 0 radical (unpaired) electrons. The van der Waals surface area contributed by atoms with E-state index in [2.05, 4.69) is 10.6 Å². The third kappa shape index (κ3) is 3.45. The first-order valence-corrected chi connectivity index (χ1v) is 8.47. The summed E-state index contributed by atoms with van der Waals surface area (Å²) in [4.78, 5) is 37.2. The first kappa shape index (κ1) is 17.3. The topological polar surface area (TPSA) is 87.7 Å². The van der Waals surface area contributed by atoms with Crippen molar-refractivity contribution in [1.29, 1.82) is 0 Å². The van der Waals surface area contributed by atoms with E-state index in [9.17, 15) is 14.4 Å². The van der Waals surface area contributed by atoms with Crippen LogP contribution < -0.4 is 15.4 Å². The predicted molar refractivity (Wildman–Crippen MR) is 91.1 cm³/mol. The minimum absolute atomic E-state index is 0.228. The van der Waals surface area contributed by atoms with Gasteiger partial charge in [-0.15, -0.1) is 0 Å². The average molecular weight is 345 g/mol. The molecule has 4 amide bonds. The monoisotopic (exact) mass is 345 g/mol. The fourth-order valence-electron chi connectivity index (χ4n) is 3.13. The lowest BCUT2D eigenvalue weighted by molar-refractivity contribution is -0.134. The number of hydrogen-bond donors (Lipinski definition) is 2. The van der Waals surface area contributed by atoms with E-state index in [1.165, 1.54) is 0 Å². The Bertz CT molecular complexity index is 729. The van der Waals surface area contributed by atoms with Crippen LogP contribution in [0.5, 0.6) is 5.75 Å². The normalized spacial score (nSPS) is 19.7. The summed E-state index contributed by atoms with van der Waals surface area (Å²) in [5, 5.41) is 5.41. The van der Waals surface area contributed by atoms with Crippen LogP contribution in [-0.4, -0.2) is 41.4 Å². The maximum Gasteiger partial charge on any atom is 0.325 e. The van der Waals surface area contributed by atoms with Crippen LogP contribution in [0.1, 0.15) is 44.4 Å². The number of nitrogens with zero attached hydrogens (tertiary/aromatic N) is 1. The summed E-state index contributed by atoms with van der Waals surface area (Å²) in [6.45, 7) is 5.55. The number of aryl methyl sites for hydroxylation is 1. The molecule has 0 aromatic heterocycles. The Kier molecular flexibility index (Phi) is 4.41. The van der Waals surface area contributed by atoms with Gasteiger partial charge in [-0.3, -0.25) is 14.5 Å². The number of nitrogens with one attached hydrogen (secondary N) is 2. The van der Waals surface area contributed by atoms with Crippen molar-refractivity contribution in [3.63, 3.8) is 0 Å². The number of carbonyl (C=O) groups is 3. The summed E-state index contributed by atoms with van der Waals surface area (Å²) < 4.78 is 5.60. The molecule has 1 unspecified atom stereocenters. The smallest absolute Gasteiger partial charge is 0.325 e. The molecule has 3 rings (SSSR count). The summed E-state index contributed by atoms with van der Waals surface area (Å²) in [6.07, 6.45) is 1.94. The molecular formula is C18H23N3O4. The van der Waals surface area contributed by atoms with E-state index >= 15 is 0 Å². The van der Waals surface area contributed by atoms with Gasteiger partial charge < -0.3 is 15.4 Å². The number of hydrogen-bond acceptors (Lipinski definition) is 4. The van der Waals surface area contributed by atoms with Crippen LogP contribution in [0.2, 0.25) is 0 Å². The highest BCUT2D eigenvalue weighted by molar-refractivity contribution is 6.08.